The van der Waals surface area contributed by atoms with E-state index in [1.54, 1.807) is 22.7 Å². The van der Waals surface area contributed by atoms with Gasteiger partial charge in [0.1, 0.15) is 5.69 Å². The van der Waals surface area contributed by atoms with Crippen molar-refractivity contribution in [2.45, 2.75) is 27.7 Å². The van der Waals surface area contributed by atoms with E-state index in [1.807, 2.05) is 44.3 Å². The van der Waals surface area contributed by atoms with Gasteiger partial charge in [0.05, 0.1) is 28.5 Å². The van der Waals surface area contributed by atoms with Crippen LogP contribution < -0.4 is 0 Å². The van der Waals surface area contributed by atoms with Crippen molar-refractivity contribution < 1.29 is 4.79 Å². The number of carbonyl (C=O) groups is 1. The van der Waals surface area contributed by atoms with Crippen LogP contribution in [0.3, 0.4) is 0 Å². The molecule has 0 saturated heterocycles. The fourth-order valence-corrected chi connectivity index (χ4v) is 2.51. The van der Waals surface area contributed by atoms with Gasteiger partial charge >= 0.3 is 0 Å². The van der Waals surface area contributed by atoms with Crippen molar-refractivity contribution in [3.8, 4) is 0 Å². The van der Waals surface area contributed by atoms with Crippen LogP contribution in [0.2, 0.25) is 0 Å². The zero-order valence-corrected chi connectivity index (χ0v) is 15.3. The molecule has 0 spiro atoms. The van der Waals surface area contributed by atoms with Crippen molar-refractivity contribution >= 4 is 23.7 Å². The van der Waals surface area contributed by atoms with Crippen LogP contribution in [0, 0.1) is 27.7 Å². The Morgan fingerprint density at radius 2 is 1.27 bits per heavy atom. The summed E-state index contributed by atoms with van der Waals surface area (Å²) in [4.78, 5) is 19.1. The monoisotopic (exact) mass is 348 g/mol. The first-order valence-corrected chi connectivity index (χ1v) is 8.18. The highest BCUT2D eigenvalue weighted by atomic mass is 16.1. The molecule has 0 saturated carbocycles. The van der Waals surface area contributed by atoms with Crippen LogP contribution in [0.4, 0.5) is 0 Å². The molecule has 0 atom stereocenters. The molecule has 0 radical (unpaired) electrons. The molecule has 7 nitrogen and oxygen atoms in total. The number of nitrogens with zero attached hydrogens (tertiary/aromatic N) is 6. The molecule has 132 valence electrons. The molecular weight excluding hydrogens is 328 g/mol. The Morgan fingerprint density at radius 1 is 0.808 bits per heavy atom. The smallest absolute Gasteiger partial charge is 0.170 e. The van der Waals surface area contributed by atoms with Gasteiger partial charge in [0.15, 0.2) is 17.6 Å². The second kappa shape index (κ2) is 6.87. The van der Waals surface area contributed by atoms with Crippen molar-refractivity contribution in [2.24, 2.45) is 0 Å². The first-order valence-electron chi connectivity index (χ1n) is 8.18. The molecule has 26 heavy (non-hydrogen) atoms. The first-order chi connectivity index (χ1) is 12.4. The molecule has 0 fully saturated rings. The quantitative estimate of drug-likeness (QED) is 0.520. The fourth-order valence-electron chi connectivity index (χ4n) is 2.51. The fraction of sp³-hybridized carbons (Fsp3) is 0.211. The standard InChI is InChI=1S/C10H11N3.C9H9N3O/c1-4-9-5-6-10-11-7(2)8(3)13(10)12-9;1-6-7(2)12-9(10-6)4-3-8(5-13)11-12/h4-6H,1H2,2-3H3;3-5H,1-2H3. The summed E-state index contributed by atoms with van der Waals surface area (Å²) >= 11 is 0. The van der Waals surface area contributed by atoms with Crippen LogP contribution in [0.5, 0.6) is 0 Å². The van der Waals surface area contributed by atoms with Gasteiger partial charge in [0.25, 0.3) is 0 Å². The zero-order chi connectivity index (χ0) is 18.8. The van der Waals surface area contributed by atoms with E-state index in [2.05, 4.69) is 26.7 Å². The number of fused-ring (bicyclic) bond motifs is 2. The van der Waals surface area contributed by atoms with Gasteiger partial charge in [-0.2, -0.15) is 10.2 Å². The van der Waals surface area contributed by atoms with Gasteiger partial charge in [-0.15, -0.1) is 0 Å². The molecule has 0 amide bonds. The number of carbonyl (C=O) groups excluding carboxylic acids is 1. The highest BCUT2D eigenvalue weighted by molar-refractivity contribution is 5.71. The van der Waals surface area contributed by atoms with Crippen molar-refractivity contribution in [1.82, 2.24) is 29.2 Å². The van der Waals surface area contributed by atoms with E-state index < -0.39 is 0 Å². The molecule has 4 aromatic heterocycles. The molecule has 0 aliphatic rings. The number of aryl methyl sites for hydroxylation is 4. The third kappa shape index (κ3) is 3.11. The summed E-state index contributed by atoms with van der Waals surface area (Å²) in [6.07, 6.45) is 2.46. The van der Waals surface area contributed by atoms with Crippen molar-refractivity contribution in [3.05, 3.63) is 65.0 Å². The lowest BCUT2D eigenvalue weighted by molar-refractivity contribution is 0.111. The van der Waals surface area contributed by atoms with Crippen LogP contribution in [0.25, 0.3) is 17.4 Å². The molecule has 0 aliphatic heterocycles. The summed E-state index contributed by atoms with van der Waals surface area (Å²) in [7, 11) is 0. The Balaban J connectivity index is 0.000000151. The molecule has 0 bridgehead atoms. The summed E-state index contributed by atoms with van der Waals surface area (Å²) in [5, 5.41) is 8.45. The van der Waals surface area contributed by atoms with Crippen molar-refractivity contribution in [3.63, 3.8) is 0 Å². The van der Waals surface area contributed by atoms with Gasteiger partial charge < -0.3 is 0 Å². The molecule has 4 aromatic rings. The van der Waals surface area contributed by atoms with Gasteiger partial charge in [-0.1, -0.05) is 6.58 Å². The average Bonchev–Trinajstić information content (AvgIpc) is 3.11. The second-order valence-corrected chi connectivity index (χ2v) is 5.94. The minimum absolute atomic E-state index is 0.424. The number of imidazole rings is 2. The maximum atomic E-state index is 10.5. The number of hydrogen-bond donors (Lipinski definition) is 0. The summed E-state index contributed by atoms with van der Waals surface area (Å²) in [6.45, 7) is 11.5. The molecule has 0 N–H and O–H groups in total. The highest BCUT2D eigenvalue weighted by Crippen LogP contribution is 2.10. The molecular formula is C19H20N6O. The molecule has 4 heterocycles. The Morgan fingerprint density at radius 3 is 1.73 bits per heavy atom. The minimum Gasteiger partial charge on any atom is -0.296 e. The van der Waals surface area contributed by atoms with Crippen molar-refractivity contribution in [1.29, 1.82) is 0 Å². The Bertz CT molecular complexity index is 1030. The average molecular weight is 348 g/mol. The van der Waals surface area contributed by atoms with Gasteiger partial charge in [-0.25, -0.2) is 19.0 Å². The zero-order valence-electron chi connectivity index (χ0n) is 15.3. The number of hydrogen-bond acceptors (Lipinski definition) is 5. The third-order valence-corrected chi connectivity index (χ3v) is 4.25. The van der Waals surface area contributed by atoms with Gasteiger partial charge in [-0.3, -0.25) is 4.79 Å². The van der Waals surface area contributed by atoms with E-state index in [9.17, 15) is 4.79 Å². The summed E-state index contributed by atoms with van der Waals surface area (Å²) in [5.74, 6) is 0. The predicted molar refractivity (Wildman–Crippen MR) is 100 cm³/mol. The third-order valence-electron chi connectivity index (χ3n) is 4.25. The van der Waals surface area contributed by atoms with E-state index in [4.69, 9.17) is 0 Å². The lowest BCUT2D eigenvalue weighted by atomic mass is 10.4. The minimum atomic E-state index is 0.424. The van der Waals surface area contributed by atoms with E-state index in [0.29, 0.717) is 5.69 Å². The lowest BCUT2D eigenvalue weighted by Gasteiger charge is -1.96. The van der Waals surface area contributed by atoms with E-state index in [-0.39, 0.29) is 0 Å². The number of aldehydes is 1. The molecule has 0 aromatic carbocycles. The molecule has 4 rings (SSSR count). The summed E-state index contributed by atoms with van der Waals surface area (Å²) < 4.78 is 3.52. The highest BCUT2D eigenvalue weighted by Gasteiger charge is 2.05. The van der Waals surface area contributed by atoms with E-state index >= 15 is 0 Å². The Labute approximate surface area is 151 Å². The largest absolute Gasteiger partial charge is 0.296 e. The predicted octanol–water partition coefficient (Wildman–Crippen LogP) is 3.15. The number of rotatable bonds is 2. The normalized spacial score (nSPS) is 10.6. The molecule has 0 unspecified atom stereocenters. The Kier molecular flexibility index (Phi) is 4.62. The van der Waals surface area contributed by atoms with Gasteiger partial charge in [0, 0.05) is 0 Å². The maximum absolute atomic E-state index is 10.5. The van der Waals surface area contributed by atoms with E-state index in [0.717, 1.165) is 46.1 Å². The van der Waals surface area contributed by atoms with Crippen LogP contribution in [0.15, 0.2) is 30.8 Å². The topological polar surface area (TPSA) is 77.4 Å². The van der Waals surface area contributed by atoms with E-state index in [1.165, 1.54) is 0 Å². The van der Waals surface area contributed by atoms with Crippen molar-refractivity contribution in [2.75, 3.05) is 0 Å². The molecule has 7 heteroatoms. The Hall–Kier alpha value is -3.35. The molecule has 0 aliphatic carbocycles. The van der Waals surface area contributed by atoms with Crippen LogP contribution >= 0.6 is 0 Å². The lowest BCUT2D eigenvalue weighted by Crippen LogP contribution is -1.97. The van der Waals surface area contributed by atoms with Gasteiger partial charge in [-0.05, 0) is 58.0 Å². The number of aromatic nitrogens is 6. The summed E-state index contributed by atoms with van der Waals surface area (Å²) in [6, 6.07) is 7.31. The SMILES string of the molecule is C=Cc1ccc2nc(C)c(C)n2n1.Cc1nc2ccc(C=O)nn2c1C. The first kappa shape index (κ1) is 17.5. The van der Waals surface area contributed by atoms with Crippen LogP contribution in [-0.2, 0) is 0 Å². The second-order valence-electron chi connectivity index (χ2n) is 5.94. The van der Waals surface area contributed by atoms with Gasteiger partial charge in [0.2, 0.25) is 0 Å². The maximum Gasteiger partial charge on any atom is 0.170 e. The summed E-state index contributed by atoms with van der Waals surface area (Å²) in [5.41, 5.74) is 6.98. The van der Waals surface area contributed by atoms with Crippen LogP contribution in [0.1, 0.15) is 39.0 Å². The van der Waals surface area contributed by atoms with Crippen LogP contribution in [-0.4, -0.2) is 35.5 Å².